The van der Waals surface area contributed by atoms with Gasteiger partial charge in [0.15, 0.2) is 0 Å². The van der Waals surface area contributed by atoms with Crippen molar-refractivity contribution in [3.63, 3.8) is 0 Å². The molecule has 98 valence electrons. The number of rotatable bonds is 2. The quantitative estimate of drug-likeness (QED) is 0.801. The van der Waals surface area contributed by atoms with E-state index in [-0.39, 0.29) is 12.5 Å². The Morgan fingerprint density at radius 3 is 2.24 bits per heavy atom. The number of alkyl halides is 3. The van der Waals surface area contributed by atoms with E-state index < -0.39 is 12.1 Å². The van der Waals surface area contributed by atoms with Crippen molar-refractivity contribution in [2.75, 3.05) is 6.54 Å². The summed E-state index contributed by atoms with van der Waals surface area (Å²) in [6, 6.07) is 0. The molecule has 2 fully saturated rings. The highest BCUT2D eigenvalue weighted by Gasteiger charge is 2.39. The van der Waals surface area contributed by atoms with Crippen LogP contribution in [-0.4, -0.2) is 18.6 Å². The van der Waals surface area contributed by atoms with Gasteiger partial charge in [0.05, 0.1) is 0 Å². The first-order valence-electron chi connectivity index (χ1n) is 6.30. The van der Waals surface area contributed by atoms with E-state index in [9.17, 15) is 18.0 Å². The molecule has 0 aromatic rings. The number of fused-ring (bicyclic) bond motifs is 2. The molecule has 2 atom stereocenters. The fraction of sp³-hybridized carbons (Fsp3) is 0.917. The van der Waals surface area contributed by atoms with E-state index in [2.05, 4.69) is 0 Å². The van der Waals surface area contributed by atoms with E-state index in [0.717, 1.165) is 12.8 Å². The van der Waals surface area contributed by atoms with Crippen LogP contribution >= 0.6 is 0 Å². The van der Waals surface area contributed by atoms with Crippen molar-refractivity contribution in [3.05, 3.63) is 0 Å². The van der Waals surface area contributed by atoms with Gasteiger partial charge in [-0.05, 0) is 37.0 Å². The molecule has 0 aromatic carbocycles. The number of hydrogen-bond acceptors (Lipinski definition) is 1. The summed E-state index contributed by atoms with van der Waals surface area (Å²) in [4.78, 5) is 10.7. The molecule has 2 nitrogen and oxygen atoms in total. The molecule has 0 aromatic heterocycles. The van der Waals surface area contributed by atoms with Gasteiger partial charge in [-0.25, -0.2) is 0 Å². The van der Waals surface area contributed by atoms with Gasteiger partial charge in [0.2, 0.25) is 0 Å². The minimum atomic E-state index is -4.75. The van der Waals surface area contributed by atoms with Gasteiger partial charge in [0.1, 0.15) is 0 Å². The molecule has 1 N–H and O–H groups in total. The molecule has 5 heteroatoms. The van der Waals surface area contributed by atoms with Crippen LogP contribution in [0.1, 0.15) is 38.5 Å². The molecule has 2 saturated carbocycles. The summed E-state index contributed by atoms with van der Waals surface area (Å²) in [5, 5.41) is 2.02. The summed E-state index contributed by atoms with van der Waals surface area (Å²) < 4.78 is 36.1. The topological polar surface area (TPSA) is 29.1 Å². The summed E-state index contributed by atoms with van der Waals surface area (Å²) in [5.74, 6) is -0.204. The fourth-order valence-corrected chi connectivity index (χ4v) is 3.37. The maximum atomic E-state index is 12.0. The summed E-state index contributed by atoms with van der Waals surface area (Å²) in [6.45, 7) is 0.186. The van der Waals surface area contributed by atoms with Crippen LogP contribution in [0.25, 0.3) is 0 Å². The Balaban J connectivity index is 1.78. The molecule has 2 aliphatic carbocycles. The summed E-state index contributed by atoms with van der Waals surface area (Å²) in [7, 11) is 0. The molecule has 2 rings (SSSR count). The van der Waals surface area contributed by atoms with E-state index in [1.54, 1.807) is 0 Å². The van der Waals surface area contributed by atoms with Gasteiger partial charge >= 0.3 is 12.1 Å². The Hall–Kier alpha value is -0.740. The molecule has 2 unspecified atom stereocenters. The van der Waals surface area contributed by atoms with E-state index in [0.29, 0.717) is 11.8 Å². The van der Waals surface area contributed by atoms with Gasteiger partial charge in [-0.2, -0.15) is 13.2 Å². The molecule has 0 spiro atoms. The van der Waals surface area contributed by atoms with Crippen molar-refractivity contribution >= 4 is 5.91 Å². The Morgan fingerprint density at radius 2 is 1.71 bits per heavy atom. The lowest BCUT2D eigenvalue weighted by Crippen LogP contribution is -2.41. The molecule has 1 amide bonds. The Kier molecular flexibility index (Phi) is 3.64. The van der Waals surface area contributed by atoms with E-state index in [4.69, 9.17) is 0 Å². The largest absolute Gasteiger partial charge is 0.471 e. The van der Waals surface area contributed by atoms with Crippen molar-refractivity contribution < 1.29 is 18.0 Å². The average molecular weight is 249 g/mol. The van der Waals surface area contributed by atoms with Crippen molar-refractivity contribution in [2.24, 2.45) is 17.8 Å². The SMILES string of the molecule is O=C(NCC1CC2CCCC(C2)C1)C(F)(F)F. The van der Waals surface area contributed by atoms with Crippen molar-refractivity contribution in [3.8, 4) is 0 Å². The third-order valence-corrected chi connectivity index (χ3v) is 4.03. The first-order valence-corrected chi connectivity index (χ1v) is 6.30. The van der Waals surface area contributed by atoms with Gasteiger partial charge in [-0.15, -0.1) is 0 Å². The second-order valence-electron chi connectivity index (χ2n) is 5.44. The predicted octanol–water partition coefficient (Wildman–Crippen LogP) is 2.88. The molecule has 0 saturated heterocycles. The number of hydrogen-bond donors (Lipinski definition) is 1. The molecular formula is C12H18F3NO. The standard InChI is InChI=1S/C12H18F3NO/c13-12(14,15)11(17)16-7-10-5-8-2-1-3-9(4-8)6-10/h8-10H,1-7H2,(H,16,17). The van der Waals surface area contributed by atoms with Gasteiger partial charge in [-0.1, -0.05) is 19.3 Å². The van der Waals surface area contributed by atoms with Gasteiger partial charge in [-0.3, -0.25) is 4.79 Å². The maximum Gasteiger partial charge on any atom is 0.471 e. The first kappa shape index (κ1) is 12.7. The highest BCUT2D eigenvalue weighted by atomic mass is 19.4. The molecule has 2 bridgehead atoms. The third kappa shape index (κ3) is 3.36. The van der Waals surface area contributed by atoms with Crippen LogP contribution in [0, 0.1) is 17.8 Å². The Bertz CT molecular complexity index is 278. The van der Waals surface area contributed by atoms with Crippen LogP contribution in [0.3, 0.4) is 0 Å². The van der Waals surface area contributed by atoms with Crippen LogP contribution < -0.4 is 5.32 Å². The van der Waals surface area contributed by atoms with Crippen LogP contribution in [0.4, 0.5) is 13.2 Å². The third-order valence-electron chi connectivity index (χ3n) is 4.03. The van der Waals surface area contributed by atoms with Gasteiger partial charge < -0.3 is 5.32 Å². The van der Waals surface area contributed by atoms with Crippen LogP contribution in [0.2, 0.25) is 0 Å². The lowest BCUT2D eigenvalue weighted by molar-refractivity contribution is -0.173. The highest BCUT2D eigenvalue weighted by Crippen LogP contribution is 2.42. The van der Waals surface area contributed by atoms with Crippen LogP contribution in [0.15, 0.2) is 0 Å². The number of amides is 1. The molecular weight excluding hydrogens is 231 g/mol. The first-order chi connectivity index (χ1) is 7.95. The van der Waals surface area contributed by atoms with Crippen molar-refractivity contribution in [2.45, 2.75) is 44.7 Å². The van der Waals surface area contributed by atoms with Crippen molar-refractivity contribution in [1.82, 2.24) is 5.32 Å². The zero-order valence-corrected chi connectivity index (χ0v) is 9.72. The monoisotopic (exact) mass is 249 g/mol. The predicted molar refractivity (Wildman–Crippen MR) is 57.2 cm³/mol. The minimum Gasteiger partial charge on any atom is -0.348 e. The maximum absolute atomic E-state index is 12.0. The Labute approximate surface area is 98.9 Å². The summed E-state index contributed by atoms with van der Waals surface area (Å²) >= 11 is 0. The molecule has 0 aliphatic heterocycles. The lowest BCUT2D eigenvalue weighted by atomic mass is 9.68. The average Bonchev–Trinajstić information content (AvgIpc) is 2.24. The smallest absolute Gasteiger partial charge is 0.348 e. The second kappa shape index (κ2) is 4.86. The highest BCUT2D eigenvalue weighted by molar-refractivity contribution is 5.81. The van der Waals surface area contributed by atoms with Gasteiger partial charge in [0, 0.05) is 6.54 Å². The van der Waals surface area contributed by atoms with Gasteiger partial charge in [0.25, 0.3) is 0 Å². The lowest BCUT2D eigenvalue weighted by Gasteiger charge is -2.39. The van der Waals surface area contributed by atoms with Crippen LogP contribution in [-0.2, 0) is 4.79 Å². The molecule has 0 radical (unpaired) electrons. The number of carbonyl (C=O) groups is 1. The number of carbonyl (C=O) groups excluding carboxylic acids is 1. The summed E-state index contributed by atoms with van der Waals surface area (Å²) in [6.07, 6.45) is 2.13. The normalized spacial score (nSPS) is 33.2. The molecule has 0 heterocycles. The van der Waals surface area contributed by atoms with E-state index >= 15 is 0 Å². The van der Waals surface area contributed by atoms with E-state index in [1.165, 1.54) is 25.7 Å². The minimum absolute atomic E-state index is 0.186. The zero-order valence-electron chi connectivity index (χ0n) is 9.72. The zero-order chi connectivity index (χ0) is 12.5. The summed E-state index contributed by atoms with van der Waals surface area (Å²) in [5.41, 5.74) is 0. The van der Waals surface area contributed by atoms with E-state index in [1.807, 2.05) is 5.32 Å². The number of nitrogens with one attached hydrogen (secondary N) is 1. The second-order valence-corrected chi connectivity index (χ2v) is 5.44. The Morgan fingerprint density at radius 1 is 1.12 bits per heavy atom. The van der Waals surface area contributed by atoms with Crippen LogP contribution in [0.5, 0.6) is 0 Å². The molecule has 2 aliphatic rings. The fourth-order valence-electron chi connectivity index (χ4n) is 3.37. The molecule has 17 heavy (non-hydrogen) atoms. The van der Waals surface area contributed by atoms with Crippen molar-refractivity contribution in [1.29, 1.82) is 0 Å². The number of halogens is 3.